The lowest BCUT2D eigenvalue weighted by molar-refractivity contribution is 0.144. The van der Waals surface area contributed by atoms with Crippen LogP contribution in [0.3, 0.4) is 0 Å². The molecule has 0 bridgehead atoms. The number of hydrogen-bond acceptors (Lipinski definition) is 5. The molecule has 1 unspecified atom stereocenters. The van der Waals surface area contributed by atoms with E-state index >= 15 is 0 Å². The van der Waals surface area contributed by atoms with E-state index in [0.29, 0.717) is 6.54 Å². The number of nitrogens with zero attached hydrogens (tertiary/aromatic N) is 1. The standard InChI is InChI=1S/C17H17FN2O3/c18-16-13(7-4-8-14(16)22-10-9-20-21)17-19-11-15(23-17)12-5-2-1-3-6-12/h1-8,15,20-21H,9-11H2. The van der Waals surface area contributed by atoms with Gasteiger partial charge in [-0.05, 0) is 17.7 Å². The first-order chi connectivity index (χ1) is 11.3. The summed E-state index contributed by atoms with van der Waals surface area (Å²) < 4.78 is 25.6. The molecule has 0 radical (unpaired) electrons. The normalized spacial score (nSPS) is 16.8. The number of benzene rings is 2. The Hall–Kier alpha value is -2.44. The van der Waals surface area contributed by atoms with Gasteiger partial charge >= 0.3 is 0 Å². The Morgan fingerprint density at radius 3 is 2.83 bits per heavy atom. The third-order valence-electron chi connectivity index (χ3n) is 3.49. The van der Waals surface area contributed by atoms with Gasteiger partial charge in [0.2, 0.25) is 5.90 Å². The molecule has 0 saturated carbocycles. The molecule has 2 aromatic rings. The summed E-state index contributed by atoms with van der Waals surface area (Å²) in [5.74, 6) is -0.132. The third-order valence-corrected chi connectivity index (χ3v) is 3.49. The largest absolute Gasteiger partial charge is 0.489 e. The summed E-state index contributed by atoms with van der Waals surface area (Å²) in [6.07, 6.45) is -0.200. The molecule has 1 atom stereocenters. The minimum Gasteiger partial charge on any atom is -0.489 e. The maximum absolute atomic E-state index is 14.5. The molecule has 0 aromatic heterocycles. The summed E-state index contributed by atoms with van der Waals surface area (Å²) in [4.78, 5) is 4.31. The van der Waals surface area contributed by atoms with Crippen molar-refractivity contribution in [2.24, 2.45) is 4.99 Å². The molecule has 0 fully saturated rings. The van der Waals surface area contributed by atoms with Gasteiger partial charge < -0.3 is 14.7 Å². The molecule has 5 nitrogen and oxygen atoms in total. The Kier molecular flexibility index (Phi) is 4.85. The van der Waals surface area contributed by atoms with Crippen LogP contribution in [0.2, 0.25) is 0 Å². The van der Waals surface area contributed by atoms with Crippen molar-refractivity contribution in [3.8, 4) is 5.75 Å². The van der Waals surface area contributed by atoms with Gasteiger partial charge in [-0.15, -0.1) is 0 Å². The van der Waals surface area contributed by atoms with Crippen molar-refractivity contribution in [2.45, 2.75) is 6.10 Å². The van der Waals surface area contributed by atoms with Crippen LogP contribution in [0.5, 0.6) is 5.75 Å². The average Bonchev–Trinajstić information content (AvgIpc) is 3.07. The topological polar surface area (TPSA) is 63.1 Å². The van der Waals surface area contributed by atoms with Crippen molar-refractivity contribution in [3.05, 3.63) is 65.5 Å². The Morgan fingerprint density at radius 1 is 1.22 bits per heavy atom. The van der Waals surface area contributed by atoms with Crippen LogP contribution >= 0.6 is 0 Å². The third kappa shape index (κ3) is 3.49. The monoisotopic (exact) mass is 316 g/mol. The van der Waals surface area contributed by atoms with Crippen molar-refractivity contribution in [2.75, 3.05) is 19.7 Å². The number of ether oxygens (including phenoxy) is 2. The van der Waals surface area contributed by atoms with Crippen molar-refractivity contribution in [3.63, 3.8) is 0 Å². The first-order valence-corrected chi connectivity index (χ1v) is 7.34. The van der Waals surface area contributed by atoms with Gasteiger partial charge in [-0.1, -0.05) is 36.4 Å². The highest BCUT2D eigenvalue weighted by molar-refractivity contribution is 5.95. The van der Waals surface area contributed by atoms with Gasteiger partial charge in [0.05, 0.1) is 18.7 Å². The van der Waals surface area contributed by atoms with Gasteiger partial charge in [-0.2, -0.15) is 0 Å². The molecule has 1 aliphatic rings. The van der Waals surface area contributed by atoms with Crippen LogP contribution in [0.15, 0.2) is 53.5 Å². The molecule has 23 heavy (non-hydrogen) atoms. The number of hydrogen-bond donors (Lipinski definition) is 2. The van der Waals surface area contributed by atoms with E-state index in [-0.39, 0.29) is 36.5 Å². The minimum atomic E-state index is -0.516. The van der Waals surface area contributed by atoms with Gasteiger partial charge in [0.25, 0.3) is 0 Å². The Labute approximate surface area is 133 Å². The van der Waals surface area contributed by atoms with Gasteiger partial charge in [-0.25, -0.2) is 14.9 Å². The van der Waals surface area contributed by atoms with E-state index in [1.807, 2.05) is 35.8 Å². The number of rotatable bonds is 6. The van der Waals surface area contributed by atoms with E-state index in [4.69, 9.17) is 14.7 Å². The zero-order valence-electron chi connectivity index (χ0n) is 12.4. The van der Waals surface area contributed by atoms with Crippen molar-refractivity contribution >= 4 is 5.90 Å². The molecule has 0 aliphatic carbocycles. The Morgan fingerprint density at radius 2 is 2.04 bits per heavy atom. The van der Waals surface area contributed by atoms with Gasteiger partial charge in [0.15, 0.2) is 11.6 Å². The fraction of sp³-hybridized carbons (Fsp3) is 0.235. The van der Waals surface area contributed by atoms with Crippen LogP contribution in [0.1, 0.15) is 17.2 Å². The molecule has 1 aliphatic heterocycles. The molecule has 2 N–H and O–H groups in total. The molecule has 120 valence electrons. The van der Waals surface area contributed by atoms with Crippen LogP contribution < -0.4 is 10.2 Å². The molecular weight excluding hydrogens is 299 g/mol. The zero-order valence-corrected chi connectivity index (χ0v) is 12.4. The highest BCUT2D eigenvalue weighted by Crippen LogP contribution is 2.28. The predicted octanol–water partition coefficient (Wildman–Crippen LogP) is 2.70. The van der Waals surface area contributed by atoms with Gasteiger partial charge in [-0.3, -0.25) is 0 Å². The van der Waals surface area contributed by atoms with Crippen LogP contribution in [-0.2, 0) is 4.74 Å². The number of halogens is 1. The summed E-state index contributed by atoms with van der Waals surface area (Å²) >= 11 is 0. The van der Waals surface area contributed by atoms with Crippen molar-refractivity contribution in [1.29, 1.82) is 0 Å². The van der Waals surface area contributed by atoms with E-state index in [2.05, 4.69) is 4.99 Å². The molecule has 0 saturated heterocycles. The van der Waals surface area contributed by atoms with Crippen molar-refractivity contribution in [1.82, 2.24) is 5.48 Å². The van der Waals surface area contributed by atoms with Gasteiger partial charge in [0.1, 0.15) is 12.7 Å². The van der Waals surface area contributed by atoms with Crippen LogP contribution in [0.4, 0.5) is 4.39 Å². The maximum atomic E-state index is 14.5. The van der Waals surface area contributed by atoms with Crippen LogP contribution in [0, 0.1) is 5.82 Å². The molecule has 0 spiro atoms. The van der Waals surface area contributed by atoms with E-state index in [0.717, 1.165) is 5.56 Å². The van der Waals surface area contributed by atoms with E-state index in [1.54, 1.807) is 12.1 Å². The summed E-state index contributed by atoms with van der Waals surface area (Å²) in [6.45, 7) is 0.812. The fourth-order valence-corrected chi connectivity index (χ4v) is 2.36. The maximum Gasteiger partial charge on any atom is 0.220 e. The predicted molar refractivity (Wildman–Crippen MR) is 83.4 cm³/mol. The first-order valence-electron chi connectivity index (χ1n) is 7.34. The lowest BCUT2D eigenvalue weighted by Crippen LogP contribution is -2.17. The van der Waals surface area contributed by atoms with Crippen LogP contribution in [-0.4, -0.2) is 30.8 Å². The highest BCUT2D eigenvalue weighted by atomic mass is 19.1. The second-order valence-electron chi connectivity index (χ2n) is 5.04. The van der Waals surface area contributed by atoms with Gasteiger partial charge in [0, 0.05) is 0 Å². The SMILES string of the molecule is ONCCOc1cccc(C2=NCC(c3ccccc3)O2)c1F. The lowest BCUT2D eigenvalue weighted by atomic mass is 10.1. The zero-order chi connectivity index (χ0) is 16.1. The van der Waals surface area contributed by atoms with E-state index in [9.17, 15) is 4.39 Å². The molecule has 0 amide bonds. The second kappa shape index (κ2) is 7.21. The van der Waals surface area contributed by atoms with Crippen molar-refractivity contribution < 1.29 is 19.1 Å². The number of aliphatic imine (C=N–C) groups is 1. The Bertz CT molecular complexity index is 691. The fourth-order valence-electron chi connectivity index (χ4n) is 2.36. The first kappa shape index (κ1) is 15.5. The summed E-state index contributed by atoms with van der Waals surface area (Å²) in [7, 11) is 0. The van der Waals surface area contributed by atoms with E-state index < -0.39 is 5.82 Å². The summed E-state index contributed by atoms with van der Waals surface area (Å²) in [5.41, 5.74) is 3.24. The smallest absolute Gasteiger partial charge is 0.220 e. The van der Waals surface area contributed by atoms with Crippen LogP contribution in [0.25, 0.3) is 0 Å². The summed E-state index contributed by atoms with van der Waals surface area (Å²) in [5, 5.41) is 8.52. The quantitative estimate of drug-likeness (QED) is 0.635. The minimum absolute atomic E-state index is 0.104. The molecule has 3 rings (SSSR count). The molecule has 6 heteroatoms. The summed E-state index contributed by atoms with van der Waals surface area (Å²) in [6, 6.07) is 14.5. The second-order valence-corrected chi connectivity index (χ2v) is 5.04. The number of hydroxylamine groups is 1. The average molecular weight is 316 g/mol. The molecule has 2 aromatic carbocycles. The molecular formula is C17H17FN2O3. The lowest BCUT2D eigenvalue weighted by Gasteiger charge is -2.13. The molecule has 1 heterocycles. The highest BCUT2D eigenvalue weighted by Gasteiger charge is 2.25. The Balaban J connectivity index is 1.74. The van der Waals surface area contributed by atoms with E-state index in [1.165, 1.54) is 6.07 Å². The number of nitrogens with one attached hydrogen (secondary N) is 1.